The number of aliphatic hydroxyl groups is 1. The molecule has 4 rings (SSSR count). The Balaban J connectivity index is 0.000000186. The van der Waals surface area contributed by atoms with E-state index in [1.807, 2.05) is 41.5 Å². The van der Waals surface area contributed by atoms with Gasteiger partial charge in [-0.15, -0.1) is 0 Å². The summed E-state index contributed by atoms with van der Waals surface area (Å²) in [6.45, 7) is 10.9. The Bertz CT molecular complexity index is 701. The lowest BCUT2D eigenvalue weighted by Gasteiger charge is -2.38. The molecule has 4 heterocycles. The molecule has 4 fully saturated rings. The van der Waals surface area contributed by atoms with Crippen molar-refractivity contribution in [3.8, 4) is 0 Å². The Morgan fingerprint density at radius 2 is 1.12 bits per heavy atom. The van der Waals surface area contributed by atoms with Crippen molar-refractivity contribution in [3.05, 3.63) is 0 Å². The van der Waals surface area contributed by atoms with Crippen molar-refractivity contribution in [3.63, 3.8) is 0 Å². The third kappa shape index (κ3) is 6.66. The van der Waals surface area contributed by atoms with Gasteiger partial charge in [0, 0.05) is 25.7 Å². The van der Waals surface area contributed by atoms with Crippen LogP contribution in [0.25, 0.3) is 0 Å². The van der Waals surface area contributed by atoms with Crippen LogP contribution in [0.15, 0.2) is 0 Å². The topological polar surface area (TPSA) is 127 Å². The van der Waals surface area contributed by atoms with Gasteiger partial charge in [-0.25, -0.2) is 15.5 Å². The average Bonchev–Trinajstić information content (AvgIpc) is 3.20. The molecule has 0 aromatic carbocycles. The van der Waals surface area contributed by atoms with Gasteiger partial charge in [0.25, 0.3) is 0 Å². The maximum absolute atomic E-state index is 12.2. The van der Waals surface area contributed by atoms with Crippen LogP contribution >= 0.6 is 0 Å². The SMILES string of the molecule is CC(C)(C)OC(=O)C1(O)CC2CCC(C1)O2.CC(C)(C)OC(=O)C1(ON)CC2CCC(C1)O2. The molecule has 9 heteroatoms. The van der Waals surface area contributed by atoms with E-state index in [1.165, 1.54) is 0 Å². The fraction of sp³-hybridized carbons (Fsp3) is 0.917. The Morgan fingerprint density at radius 3 is 1.48 bits per heavy atom. The van der Waals surface area contributed by atoms with Crippen molar-refractivity contribution in [2.45, 2.75) is 140 Å². The molecule has 4 saturated heterocycles. The molecule has 9 nitrogen and oxygen atoms in total. The molecule has 4 aliphatic heterocycles. The molecule has 4 aliphatic rings. The van der Waals surface area contributed by atoms with E-state index in [9.17, 15) is 14.7 Å². The zero-order chi connectivity index (χ0) is 24.7. The van der Waals surface area contributed by atoms with Crippen LogP contribution in [0.1, 0.15) is 92.9 Å². The van der Waals surface area contributed by atoms with Gasteiger partial charge in [-0.3, -0.25) is 4.84 Å². The van der Waals surface area contributed by atoms with Crippen LogP contribution in [0, 0.1) is 0 Å². The maximum Gasteiger partial charge on any atom is 0.341 e. The molecule has 4 unspecified atom stereocenters. The summed E-state index contributed by atoms with van der Waals surface area (Å²) in [5, 5.41) is 10.3. The molecule has 190 valence electrons. The van der Waals surface area contributed by atoms with Crippen molar-refractivity contribution in [1.82, 2.24) is 0 Å². The summed E-state index contributed by atoms with van der Waals surface area (Å²) in [5.74, 6) is 4.49. The van der Waals surface area contributed by atoms with E-state index in [0.29, 0.717) is 25.7 Å². The summed E-state index contributed by atoms with van der Waals surface area (Å²) in [6, 6.07) is 0. The van der Waals surface area contributed by atoms with Gasteiger partial charge in [-0.1, -0.05) is 0 Å². The van der Waals surface area contributed by atoms with Crippen LogP contribution in [0.5, 0.6) is 0 Å². The molecule has 0 aliphatic carbocycles. The Labute approximate surface area is 196 Å². The van der Waals surface area contributed by atoms with Gasteiger partial charge < -0.3 is 24.1 Å². The van der Waals surface area contributed by atoms with E-state index in [2.05, 4.69) is 0 Å². The first-order valence-electron chi connectivity index (χ1n) is 12.0. The molecule has 0 spiro atoms. The first-order valence-corrected chi connectivity index (χ1v) is 12.0. The van der Waals surface area contributed by atoms with Crippen molar-refractivity contribution < 1.29 is 38.5 Å². The summed E-state index contributed by atoms with van der Waals surface area (Å²) >= 11 is 0. The Hall–Kier alpha value is -1.26. The molecular weight excluding hydrogens is 430 g/mol. The molecule has 0 saturated carbocycles. The Morgan fingerprint density at radius 1 is 0.758 bits per heavy atom. The van der Waals surface area contributed by atoms with Crippen LogP contribution in [0.3, 0.4) is 0 Å². The smallest absolute Gasteiger partial charge is 0.341 e. The highest BCUT2D eigenvalue weighted by atomic mass is 16.7. The van der Waals surface area contributed by atoms with Crippen molar-refractivity contribution >= 4 is 11.9 Å². The summed E-state index contributed by atoms with van der Waals surface area (Å²) < 4.78 is 22.0. The number of hydrogen-bond donors (Lipinski definition) is 2. The monoisotopic (exact) mass is 471 g/mol. The van der Waals surface area contributed by atoms with E-state index in [0.717, 1.165) is 25.7 Å². The highest BCUT2D eigenvalue weighted by molar-refractivity contribution is 5.80. The van der Waals surface area contributed by atoms with E-state index in [-0.39, 0.29) is 30.4 Å². The van der Waals surface area contributed by atoms with Crippen LogP contribution < -0.4 is 5.90 Å². The van der Waals surface area contributed by atoms with Crippen LogP contribution in [0.2, 0.25) is 0 Å². The lowest BCUT2D eigenvalue weighted by Crippen LogP contribution is -2.53. The average molecular weight is 472 g/mol. The maximum atomic E-state index is 12.2. The lowest BCUT2D eigenvalue weighted by molar-refractivity contribution is -0.204. The van der Waals surface area contributed by atoms with Gasteiger partial charge in [0.15, 0.2) is 11.2 Å². The highest BCUT2D eigenvalue weighted by Gasteiger charge is 2.53. The first-order chi connectivity index (χ1) is 15.1. The second kappa shape index (κ2) is 9.41. The fourth-order valence-corrected chi connectivity index (χ4v) is 5.04. The summed E-state index contributed by atoms with van der Waals surface area (Å²) in [7, 11) is 0. The van der Waals surface area contributed by atoms with E-state index < -0.39 is 28.4 Å². The van der Waals surface area contributed by atoms with Gasteiger partial charge >= 0.3 is 11.9 Å². The zero-order valence-corrected chi connectivity index (χ0v) is 20.8. The number of ether oxygens (including phenoxy) is 4. The quantitative estimate of drug-likeness (QED) is 0.472. The minimum Gasteiger partial charge on any atom is -0.458 e. The first kappa shape index (κ1) is 26.3. The number of carbonyl (C=O) groups excluding carboxylic acids is 2. The van der Waals surface area contributed by atoms with Crippen LogP contribution in [-0.2, 0) is 33.4 Å². The minimum absolute atomic E-state index is 0.0243. The van der Waals surface area contributed by atoms with Gasteiger partial charge in [-0.2, -0.15) is 0 Å². The largest absolute Gasteiger partial charge is 0.458 e. The molecular formula is C24H41NO8. The van der Waals surface area contributed by atoms with Gasteiger partial charge in [0.05, 0.1) is 24.4 Å². The van der Waals surface area contributed by atoms with E-state index >= 15 is 0 Å². The number of rotatable bonds is 3. The third-order valence-corrected chi connectivity index (χ3v) is 6.41. The van der Waals surface area contributed by atoms with Gasteiger partial charge in [-0.05, 0) is 67.2 Å². The predicted octanol–water partition coefficient (Wildman–Crippen LogP) is 2.70. The minimum atomic E-state index is -1.34. The second-order valence-electron chi connectivity index (χ2n) is 11.9. The van der Waals surface area contributed by atoms with E-state index in [1.54, 1.807) is 0 Å². The molecule has 0 amide bonds. The third-order valence-electron chi connectivity index (χ3n) is 6.41. The number of nitrogens with two attached hydrogens (primary N) is 1. The highest BCUT2D eigenvalue weighted by Crippen LogP contribution is 2.41. The van der Waals surface area contributed by atoms with Crippen LogP contribution in [-0.4, -0.2) is 63.9 Å². The van der Waals surface area contributed by atoms with E-state index in [4.69, 9.17) is 29.7 Å². The molecule has 0 radical (unpaired) electrons. The number of hydrogen-bond acceptors (Lipinski definition) is 9. The normalized spacial score (nSPS) is 37.7. The summed E-state index contributed by atoms with van der Waals surface area (Å²) in [4.78, 5) is 29.1. The lowest BCUT2D eigenvalue weighted by atomic mass is 9.90. The summed E-state index contributed by atoms with van der Waals surface area (Å²) in [5.41, 5.74) is -3.43. The molecule has 0 aromatic rings. The molecule has 4 atom stereocenters. The molecule has 0 aromatic heterocycles. The van der Waals surface area contributed by atoms with Crippen molar-refractivity contribution in [2.75, 3.05) is 0 Å². The summed E-state index contributed by atoms with van der Waals surface area (Å²) in [6.07, 6.45) is 5.76. The number of esters is 2. The number of carbonyl (C=O) groups is 2. The second-order valence-corrected chi connectivity index (χ2v) is 11.9. The molecule has 4 bridgehead atoms. The molecule has 3 N–H and O–H groups in total. The van der Waals surface area contributed by atoms with Gasteiger partial charge in [0.2, 0.25) is 0 Å². The molecule has 33 heavy (non-hydrogen) atoms. The standard InChI is InChI=1S/C12H21NO4.C12H20O4/c1-11(2,3)16-10(14)12(17-13)6-8-4-5-9(7-12)15-8;1-11(2,3)16-10(13)12(14)6-8-4-5-9(7-12)15-8/h8-9H,4-7,13H2,1-3H3;8-9,14H,4-7H2,1-3H3. The van der Waals surface area contributed by atoms with Gasteiger partial charge in [0.1, 0.15) is 11.2 Å². The fourth-order valence-electron chi connectivity index (χ4n) is 5.04. The van der Waals surface area contributed by atoms with Crippen molar-refractivity contribution in [1.29, 1.82) is 0 Å². The Kier molecular flexibility index (Phi) is 7.52. The zero-order valence-electron chi connectivity index (χ0n) is 20.8. The van der Waals surface area contributed by atoms with Crippen LogP contribution in [0.4, 0.5) is 0 Å². The van der Waals surface area contributed by atoms with Crippen molar-refractivity contribution in [2.24, 2.45) is 5.90 Å². The number of fused-ring (bicyclic) bond motifs is 4. The predicted molar refractivity (Wildman–Crippen MR) is 119 cm³/mol.